The molecule has 2 atom stereocenters. The van der Waals surface area contributed by atoms with E-state index in [2.05, 4.69) is 10.2 Å². The summed E-state index contributed by atoms with van der Waals surface area (Å²) in [6.45, 7) is -1.56. The molecular weight excluding hydrogens is 409 g/mol. The molecule has 2 bridgehead atoms. The zero-order chi connectivity index (χ0) is 21.3. The number of piperazine rings is 1. The topological polar surface area (TPSA) is 58.7 Å². The minimum Gasteiger partial charge on any atom is -0.363 e. The molecule has 0 radical (unpaired) electrons. The van der Waals surface area contributed by atoms with Crippen LogP contribution in [0.5, 0.6) is 0 Å². The van der Waals surface area contributed by atoms with Crippen molar-refractivity contribution < 1.29 is 18.0 Å². The zero-order valence-corrected chi connectivity index (χ0v) is 16.7. The SMILES string of the molecule is O=C(C1CC1)N1C2CCC1CN(c1c(F)cnn3cc(-c4cnn(C(F)F)c4)cc13)C2. The first-order valence-electron chi connectivity index (χ1n) is 10.6. The Labute approximate surface area is 176 Å². The van der Waals surface area contributed by atoms with Crippen LogP contribution < -0.4 is 4.90 Å². The van der Waals surface area contributed by atoms with Gasteiger partial charge in [-0.05, 0) is 31.7 Å². The molecule has 0 spiro atoms. The molecule has 0 aromatic carbocycles. The monoisotopic (exact) mass is 430 g/mol. The number of alkyl halides is 2. The first-order valence-corrected chi connectivity index (χ1v) is 10.6. The fourth-order valence-corrected chi connectivity index (χ4v) is 5.07. The van der Waals surface area contributed by atoms with E-state index in [1.54, 1.807) is 16.8 Å². The van der Waals surface area contributed by atoms with Gasteiger partial charge in [0.25, 0.3) is 0 Å². The number of anilines is 1. The zero-order valence-electron chi connectivity index (χ0n) is 16.7. The van der Waals surface area contributed by atoms with E-state index in [9.17, 15) is 18.0 Å². The van der Waals surface area contributed by atoms with E-state index >= 15 is 0 Å². The second-order valence-electron chi connectivity index (χ2n) is 8.70. The number of aromatic nitrogens is 4. The van der Waals surface area contributed by atoms with Crippen molar-refractivity contribution in [3.8, 4) is 11.1 Å². The van der Waals surface area contributed by atoms with Gasteiger partial charge in [-0.2, -0.15) is 19.0 Å². The summed E-state index contributed by atoms with van der Waals surface area (Å²) in [5.41, 5.74) is 2.16. The summed E-state index contributed by atoms with van der Waals surface area (Å²) in [7, 11) is 0. The summed E-state index contributed by atoms with van der Waals surface area (Å²) in [4.78, 5) is 16.8. The smallest absolute Gasteiger partial charge is 0.333 e. The highest BCUT2D eigenvalue weighted by Gasteiger charge is 2.47. The van der Waals surface area contributed by atoms with Gasteiger partial charge in [0.1, 0.15) is 5.69 Å². The van der Waals surface area contributed by atoms with Crippen molar-refractivity contribution in [2.45, 2.75) is 44.3 Å². The number of amides is 1. The van der Waals surface area contributed by atoms with Crippen LogP contribution >= 0.6 is 0 Å². The van der Waals surface area contributed by atoms with Crippen molar-refractivity contribution in [1.29, 1.82) is 0 Å². The van der Waals surface area contributed by atoms with Gasteiger partial charge >= 0.3 is 6.55 Å². The fraction of sp³-hybridized carbons (Fsp3) is 0.476. The van der Waals surface area contributed by atoms with Gasteiger partial charge in [-0.1, -0.05) is 0 Å². The van der Waals surface area contributed by atoms with Gasteiger partial charge < -0.3 is 9.80 Å². The third-order valence-electron chi connectivity index (χ3n) is 6.68. The Bertz CT molecular complexity index is 1160. The number of carbonyl (C=O) groups is 1. The number of nitrogens with zero attached hydrogens (tertiary/aromatic N) is 6. The minimum atomic E-state index is -2.72. The molecule has 1 amide bonds. The summed E-state index contributed by atoms with van der Waals surface area (Å²) >= 11 is 0. The van der Waals surface area contributed by atoms with Gasteiger partial charge in [-0.25, -0.2) is 13.6 Å². The Morgan fingerprint density at radius 1 is 1.00 bits per heavy atom. The van der Waals surface area contributed by atoms with Crippen LogP contribution in [0.2, 0.25) is 0 Å². The molecule has 2 aliphatic heterocycles. The maximum absolute atomic E-state index is 15.0. The first kappa shape index (κ1) is 18.7. The summed E-state index contributed by atoms with van der Waals surface area (Å²) < 4.78 is 42.9. The van der Waals surface area contributed by atoms with Crippen LogP contribution in [-0.2, 0) is 4.79 Å². The Morgan fingerprint density at radius 3 is 2.39 bits per heavy atom. The Kier molecular flexibility index (Phi) is 4.06. The summed E-state index contributed by atoms with van der Waals surface area (Å²) in [5.74, 6) is 0.0108. The van der Waals surface area contributed by atoms with Crippen molar-refractivity contribution in [1.82, 2.24) is 24.3 Å². The number of hydrogen-bond donors (Lipinski definition) is 0. The average molecular weight is 430 g/mol. The van der Waals surface area contributed by atoms with Gasteiger partial charge in [0.2, 0.25) is 5.91 Å². The third-order valence-corrected chi connectivity index (χ3v) is 6.68. The first-order chi connectivity index (χ1) is 15.0. The van der Waals surface area contributed by atoms with Crippen molar-refractivity contribution in [2.75, 3.05) is 18.0 Å². The van der Waals surface area contributed by atoms with E-state index in [1.807, 2.05) is 9.80 Å². The fourth-order valence-electron chi connectivity index (χ4n) is 5.07. The molecule has 31 heavy (non-hydrogen) atoms. The van der Waals surface area contributed by atoms with Gasteiger partial charge in [0.15, 0.2) is 5.82 Å². The van der Waals surface area contributed by atoms with Gasteiger partial charge in [-0.3, -0.25) is 4.79 Å². The Morgan fingerprint density at radius 2 is 1.74 bits per heavy atom. The molecule has 5 heterocycles. The average Bonchev–Trinajstić information content (AvgIpc) is 3.21. The lowest BCUT2D eigenvalue weighted by Gasteiger charge is -2.42. The van der Waals surface area contributed by atoms with Crippen LogP contribution in [-0.4, -0.2) is 55.4 Å². The van der Waals surface area contributed by atoms with Crippen LogP contribution in [0.4, 0.5) is 18.9 Å². The quantitative estimate of drug-likeness (QED) is 0.637. The van der Waals surface area contributed by atoms with Crippen molar-refractivity contribution in [2.24, 2.45) is 5.92 Å². The maximum atomic E-state index is 15.0. The van der Waals surface area contributed by atoms with E-state index in [0.717, 1.165) is 25.7 Å². The molecule has 7 nitrogen and oxygen atoms in total. The molecule has 6 rings (SSSR count). The lowest BCUT2D eigenvalue weighted by molar-refractivity contribution is -0.135. The van der Waals surface area contributed by atoms with Gasteiger partial charge in [0.05, 0.1) is 17.9 Å². The summed E-state index contributed by atoms with van der Waals surface area (Å²) in [6.07, 6.45) is 9.31. The molecule has 3 aromatic heterocycles. The van der Waals surface area contributed by atoms with E-state index in [1.165, 1.54) is 18.6 Å². The molecule has 2 saturated heterocycles. The van der Waals surface area contributed by atoms with E-state index in [-0.39, 0.29) is 23.9 Å². The predicted molar refractivity (Wildman–Crippen MR) is 106 cm³/mol. The van der Waals surface area contributed by atoms with Crippen LogP contribution in [0.1, 0.15) is 32.2 Å². The number of carbonyl (C=O) groups excluding carboxylic acids is 1. The van der Waals surface area contributed by atoms with Crippen LogP contribution in [0.3, 0.4) is 0 Å². The van der Waals surface area contributed by atoms with Gasteiger partial charge in [-0.15, -0.1) is 0 Å². The minimum absolute atomic E-state index is 0.0955. The molecule has 3 fully saturated rings. The molecule has 1 aliphatic carbocycles. The second kappa shape index (κ2) is 6.73. The normalized spacial score (nSPS) is 23.4. The summed E-state index contributed by atoms with van der Waals surface area (Å²) in [5, 5.41) is 7.81. The lowest BCUT2D eigenvalue weighted by atomic mass is 10.1. The molecule has 1 saturated carbocycles. The Hall–Kier alpha value is -3.04. The van der Waals surface area contributed by atoms with Crippen molar-refractivity contribution in [3.05, 3.63) is 36.7 Å². The number of halogens is 3. The van der Waals surface area contributed by atoms with Crippen LogP contribution in [0, 0.1) is 11.7 Å². The van der Waals surface area contributed by atoms with Crippen LogP contribution in [0.25, 0.3) is 16.6 Å². The van der Waals surface area contributed by atoms with Crippen molar-refractivity contribution >= 4 is 17.1 Å². The summed E-state index contributed by atoms with van der Waals surface area (Å²) in [6, 6.07) is 1.94. The van der Waals surface area contributed by atoms with Gasteiger partial charge in [0, 0.05) is 54.6 Å². The number of hydrogen-bond acceptors (Lipinski definition) is 4. The largest absolute Gasteiger partial charge is 0.363 e. The molecule has 2 unspecified atom stereocenters. The molecule has 3 aliphatic rings. The van der Waals surface area contributed by atoms with Crippen molar-refractivity contribution in [3.63, 3.8) is 0 Å². The number of fused-ring (bicyclic) bond motifs is 3. The van der Waals surface area contributed by atoms with E-state index in [4.69, 9.17) is 0 Å². The number of rotatable bonds is 4. The highest BCUT2D eigenvalue weighted by Crippen LogP contribution is 2.40. The van der Waals surface area contributed by atoms with Crippen LogP contribution in [0.15, 0.2) is 30.9 Å². The molecule has 3 aromatic rings. The second-order valence-corrected chi connectivity index (χ2v) is 8.70. The molecule has 162 valence electrons. The lowest BCUT2D eigenvalue weighted by Crippen LogP contribution is -2.56. The molecule has 0 N–H and O–H groups in total. The molecule has 10 heteroatoms. The maximum Gasteiger partial charge on any atom is 0.333 e. The van der Waals surface area contributed by atoms with E-state index < -0.39 is 12.4 Å². The highest BCUT2D eigenvalue weighted by molar-refractivity contribution is 5.83. The predicted octanol–water partition coefficient (Wildman–Crippen LogP) is 3.32. The highest BCUT2D eigenvalue weighted by atomic mass is 19.3. The van der Waals surface area contributed by atoms with E-state index in [0.29, 0.717) is 40.1 Å². The third kappa shape index (κ3) is 2.99. The standard InChI is InChI=1S/C21H21F3N6O/c22-17-7-26-28-8-13(14-6-25-29(9-14)21(23)24)5-18(28)19(17)27-10-15-3-4-16(11-27)30(15)20(31)12-1-2-12/h5-9,12,15-16,21H,1-4,10-11H2. The molecular formula is C21H21F3N6O. The Balaban J connectivity index is 1.34.